The number of hydrogen-bond acceptors (Lipinski definition) is 3. The molecule has 0 aliphatic carbocycles. The summed E-state index contributed by atoms with van der Waals surface area (Å²) in [5, 5.41) is 14.5. The van der Waals surface area contributed by atoms with Crippen molar-refractivity contribution in [3.05, 3.63) is 42.1 Å². The number of aromatic nitrogens is 1. The molecule has 3 heteroatoms. The van der Waals surface area contributed by atoms with E-state index >= 15 is 0 Å². The van der Waals surface area contributed by atoms with Crippen LogP contribution in [0.5, 0.6) is 0 Å². The van der Waals surface area contributed by atoms with Gasteiger partial charge in [0.25, 0.3) is 0 Å². The van der Waals surface area contributed by atoms with Crippen LogP contribution in [0.15, 0.2) is 36.5 Å². The first kappa shape index (κ1) is 13.0. The van der Waals surface area contributed by atoms with Crippen molar-refractivity contribution in [2.24, 2.45) is 0 Å². The Balaban J connectivity index is 2.15. The van der Waals surface area contributed by atoms with E-state index in [9.17, 15) is 5.11 Å². The fourth-order valence-corrected chi connectivity index (χ4v) is 1.81. The zero-order chi connectivity index (χ0) is 13.2. The smallest absolute Gasteiger partial charge is 0.0915 e. The first-order valence-corrected chi connectivity index (χ1v) is 6.23. The number of aliphatic hydroxyl groups excluding tert-OH is 1. The molecule has 2 N–H and O–H groups in total. The van der Waals surface area contributed by atoms with Gasteiger partial charge >= 0.3 is 0 Å². The van der Waals surface area contributed by atoms with E-state index in [2.05, 4.69) is 31.1 Å². The second-order valence-electron chi connectivity index (χ2n) is 5.60. The summed E-state index contributed by atoms with van der Waals surface area (Å²) in [5.41, 5.74) is 1.83. The van der Waals surface area contributed by atoms with Crippen molar-refractivity contribution in [3.63, 3.8) is 0 Å². The van der Waals surface area contributed by atoms with E-state index in [0.29, 0.717) is 6.54 Å². The molecule has 1 aromatic carbocycles. The number of β-amino-alcohol motifs (C(OH)–C–C–N with tert-alkyl or cyclic N) is 1. The van der Waals surface area contributed by atoms with Gasteiger partial charge in [-0.25, -0.2) is 0 Å². The first-order valence-electron chi connectivity index (χ1n) is 6.23. The molecule has 1 heterocycles. The Bertz CT molecular complexity index is 531. The molecular weight excluding hydrogens is 224 g/mol. The topological polar surface area (TPSA) is 45.1 Å². The summed E-state index contributed by atoms with van der Waals surface area (Å²) in [6, 6.07) is 9.84. The SMILES string of the molecule is CC(C)(C)NCC(O)c1ccc2cccnc2c1. The van der Waals surface area contributed by atoms with E-state index in [1.165, 1.54) is 0 Å². The van der Waals surface area contributed by atoms with Crippen LogP contribution in [0.3, 0.4) is 0 Å². The van der Waals surface area contributed by atoms with Gasteiger partial charge < -0.3 is 10.4 Å². The van der Waals surface area contributed by atoms with E-state index in [0.717, 1.165) is 16.5 Å². The molecule has 0 fully saturated rings. The van der Waals surface area contributed by atoms with E-state index in [4.69, 9.17) is 0 Å². The molecule has 1 aromatic heterocycles. The summed E-state index contributed by atoms with van der Waals surface area (Å²) in [5.74, 6) is 0. The van der Waals surface area contributed by atoms with E-state index in [-0.39, 0.29) is 5.54 Å². The van der Waals surface area contributed by atoms with Crippen molar-refractivity contribution < 1.29 is 5.11 Å². The molecule has 1 unspecified atom stereocenters. The number of pyridine rings is 1. The first-order chi connectivity index (χ1) is 8.46. The Morgan fingerprint density at radius 2 is 2.06 bits per heavy atom. The van der Waals surface area contributed by atoms with Gasteiger partial charge in [-0.1, -0.05) is 18.2 Å². The number of benzene rings is 1. The molecule has 0 aliphatic rings. The van der Waals surface area contributed by atoms with Gasteiger partial charge in [-0.2, -0.15) is 0 Å². The lowest BCUT2D eigenvalue weighted by Gasteiger charge is -2.23. The van der Waals surface area contributed by atoms with Crippen LogP contribution in [0, 0.1) is 0 Å². The van der Waals surface area contributed by atoms with Crippen molar-refractivity contribution in [1.82, 2.24) is 10.3 Å². The summed E-state index contributed by atoms with van der Waals surface area (Å²) in [4.78, 5) is 4.30. The summed E-state index contributed by atoms with van der Waals surface area (Å²) < 4.78 is 0. The number of nitrogens with one attached hydrogen (secondary N) is 1. The lowest BCUT2D eigenvalue weighted by Crippen LogP contribution is -2.38. The number of nitrogens with zero attached hydrogens (tertiary/aromatic N) is 1. The van der Waals surface area contributed by atoms with Gasteiger partial charge in [-0.05, 0) is 38.5 Å². The molecule has 96 valence electrons. The molecular formula is C15H20N2O. The Labute approximate surface area is 108 Å². The van der Waals surface area contributed by atoms with Gasteiger partial charge in [0.2, 0.25) is 0 Å². The summed E-state index contributed by atoms with van der Waals surface area (Å²) in [6.45, 7) is 6.80. The standard InChI is InChI=1S/C15H20N2O/c1-15(2,3)17-10-14(18)12-7-6-11-5-4-8-16-13(11)9-12/h4-9,14,17-18H,10H2,1-3H3. The summed E-state index contributed by atoms with van der Waals surface area (Å²) >= 11 is 0. The molecule has 3 nitrogen and oxygen atoms in total. The molecule has 0 saturated carbocycles. The van der Waals surface area contributed by atoms with Crippen molar-refractivity contribution in [2.75, 3.05) is 6.54 Å². The highest BCUT2D eigenvalue weighted by atomic mass is 16.3. The highest BCUT2D eigenvalue weighted by Gasteiger charge is 2.13. The number of hydrogen-bond donors (Lipinski definition) is 2. The maximum Gasteiger partial charge on any atom is 0.0915 e. The minimum Gasteiger partial charge on any atom is -0.387 e. The van der Waals surface area contributed by atoms with Crippen LogP contribution < -0.4 is 5.32 Å². The van der Waals surface area contributed by atoms with Crippen molar-refractivity contribution >= 4 is 10.9 Å². The summed E-state index contributed by atoms with van der Waals surface area (Å²) in [6.07, 6.45) is 1.27. The van der Waals surface area contributed by atoms with E-state index < -0.39 is 6.10 Å². The van der Waals surface area contributed by atoms with Crippen molar-refractivity contribution in [3.8, 4) is 0 Å². The van der Waals surface area contributed by atoms with Gasteiger partial charge in [-0.15, -0.1) is 0 Å². The minimum absolute atomic E-state index is 0.01000. The van der Waals surface area contributed by atoms with Crippen LogP contribution in [0.4, 0.5) is 0 Å². The molecule has 0 aliphatic heterocycles. The van der Waals surface area contributed by atoms with Crippen molar-refractivity contribution in [2.45, 2.75) is 32.4 Å². The average molecular weight is 244 g/mol. The maximum absolute atomic E-state index is 10.2. The second-order valence-corrected chi connectivity index (χ2v) is 5.60. The highest BCUT2D eigenvalue weighted by Crippen LogP contribution is 2.18. The normalized spacial score (nSPS) is 13.8. The van der Waals surface area contributed by atoms with Gasteiger partial charge in [0.05, 0.1) is 11.6 Å². The number of rotatable bonds is 3. The third kappa shape index (κ3) is 3.28. The molecule has 1 atom stereocenters. The Morgan fingerprint density at radius 3 is 2.78 bits per heavy atom. The number of fused-ring (bicyclic) bond motifs is 1. The predicted octanol–water partition coefficient (Wildman–Crippen LogP) is 2.66. The molecule has 2 aromatic rings. The van der Waals surface area contributed by atoms with Gasteiger partial charge in [0.1, 0.15) is 0 Å². The molecule has 0 amide bonds. The lowest BCUT2D eigenvalue weighted by molar-refractivity contribution is 0.163. The molecule has 2 rings (SSSR count). The lowest BCUT2D eigenvalue weighted by atomic mass is 10.0. The van der Waals surface area contributed by atoms with Crippen molar-refractivity contribution in [1.29, 1.82) is 0 Å². The van der Waals surface area contributed by atoms with E-state index in [1.807, 2.05) is 30.3 Å². The molecule has 0 spiro atoms. The zero-order valence-electron chi connectivity index (χ0n) is 11.1. The van der Waals surface area contributed by atoms with Crippen LogP contribution in [-0.4, -0.2) is 22.2 Å². The zero-order valence-corrected chi connectivity index (χ0v) is 11.1. The van der Waals surface area contributed by atoms with Gasteiger partial charge in [-0.3, -0.25) is 4.98 Å². The van der Waals surface area contributed by atoms with Gasteiger partial charge in [0, 0.05) is 23.7 Å². The number of aliphatic hydroxyl groups is 1. The van der Waals surface area contributed by atoms with Crippen LogP contribution in [0.2, 0.25) is 0 Å². The molecule has 18 heavy (non-hydrogen) atoms. The van der Waals surface area contributed by atoms with Crippen LogP contribution in [0.1, 0.15) is 32.4 Å². The van der Waals surface area contributed by atoms with Crippen LogP contribution in [-0.2, 0) is 0 Å². The van der Waals surface area contributed by atoms with Crippen LogP contribution in [0.25, 0.3) is 10.9 Å². The molecule has 0 saturated heterocycles. The second kappa shape index (κ2) is 5.04. The van der Waals surface area contributed by atoms with E-state index in [1.54, 1.807) is 6.20 Å². The monoisotopic (exact) mass is 244 g/mol. The summed E-state index contributed by atoms with van der Waals surface area (Å²) in [7, 11) is 0. The predicted molar refractivity (Wildman–Crippen MR) is 74.5 cm³/mol. The third-order valence-electron chi connectivity index (χ3n) is 2.84. The molecule has 0 bridgehead atoms. The Morgan fingerprint density at radius 1 is 1.28 bits per heavy atom. The highest BCUT2D eigenvalue weighted by molar-refractivity contribution is 5.78. The van der Waals surface area contributed by atoms with Crippen LogP contribution >= 0.6 is 0 Å². The Kier molecular flexibility index (Phi) is 3.64. The molecule has 0 radical (unpaired) electrons. The fourth-order valence-electron chi connectivity index (χ4n) is 1.81. The minimum atomic E-state index is -0.504. The average Bonchev–Trinajstić information content (AvgIpc) is 2.34. The fraction of sp³-hybridized carbons (Fsp3) is 0.400. The maximum atomic E-state index is 10.2. The third-order valence-corrected chi connectivity index (χ3v) is 2.84. The largest absolute Gasteiger partial charge is 0.387 e. The quantitative estimate of drug-likeness (QED) is 0.872. The Hall–Kier alpha value is -1.45. The van der Waals surface area contributed by atoms with Gasteiger partial charge in [0.15, 0.2) is 0 Å².